The zero-order valence-corrected chi connectivity index (χ0v) is 10.6. The first-order valence-electron chi connectivity index (χ1n) is 4.91. The second kappa shape index (κ2) is 4.93. The number of halogens is 1. The average molecular weight is 285 g/mol. The van der Waals surface area contributed by atoms with Gasteiger partial charge in [-0.1, -0.05) is 11.6 Å². The van der Waals surface area contributed by atoms with Gasteiger partial charge in [0.2, 0.25) is 0 Å². The zero-order chi connectivity index (χ0) is 13.3. The van der Waals surface area contributed by atoms with Gasteiger partial charge in [-0.2, -0.15) is 0 Å². The number of nitrogens with two attached hydrogens (primary N) is 1. The van der Waals surface area contributed by atoms with Crippen molar-refractivity contribution in [3.63, 3.8) is 0 Å². The Balaban J connectivity index is 2.35. The molecule has 0 aliphatic rings. The number of hydrogen-bond donors (Lipinski definition) is 3. The predicted octanol–water partition coefficient (Wildman–Crippen LogP) is 2.25. The fourth-order valence-electron chi connectivity index (χ4n) is 1.33. The van der Waals surface area contributed by atoms with E-state index in [-0.39, 0.29) is 10.8 Å². The van der Waals surface area contributed by atoms with Crippen molar-refractivity contribution in [2.45, 2.75) is 6.04 Å². The summed E-state index contributed by atoms with van der Waals surface area (Å²) in [6.07, 6.45) is 0. The quantitative estimate of drug-likeness (QED) is 0.803. The van der Waals surface area contributed by atoms with Gasteiger partial charge in [0.1, 0.15) is 16.8 Å². The number of hydrogen-bond acceptors (Lipinski definition) is 5. The summed E-state index contributed by atoms with van der Waals surface area (Å²) in [5.74, 6) is -1.14. The van der Waals surface area contributed by atoms with E-state index in [2.05, 4.69) is 4.98 Å². The molecule has 1 aromatic heterocycles. The van der Waals surface area contributed by atoms with Crippen molar-refractivity contribution in [1.29, 1.82) is 0 Å². The smallest absolute Gasteiger partial charge is 0.326 e. The number of phenolic OH excluding ortho intramolecular Hbond substituents is 1. The van der Waals surface area contributed by atoms with Crippen molar-refractivity contribution in [2.75, 3.05) is 0 Å². The largest absolute Gasteiger partial charge is 0.506 e. The molecule has 0 fully saturated rings. The lowest BCUT2D eigenvalue weighted by atomic mass is 10.2. The van der Waals surface area contributed by atoms with Crippen LogP contribution in [0.5, 0.6) is 5.75 Å². The van der Waals surface area contributed by atoms with Crippen LogP contribution in [-0.4, -0.2) is 21.2 Å². The number of nitrogens with zero attached hydrogens (tertiary/aromatic N) is 1. The van der Waals surface area contributed by atoms with Crippen LogP contribution >= 0.6 is 22.9 Å². The first kappa shape index (κ1) is 12.8. The lowest BCUT2D eigenvalue weighted by Gasteiger charge is -2.01. The highest BCUT2D eigenvalue weighted by molar-refractivity contribution is 7.13. The third kappa shape index (κ3) is 2.45. The number of aliphatic carboxylic acids is 1. The van der Waals surface area contributed by atoms with Gasteiger partial charge >= 0.3 is 5.97 Å². The Morgan fingerprint density at radius 3 is 2.83 bits per heavy atom. The van der Waals surface area contributed by atoms with Crippen LogP contribution < -0.4 is 5.73 Å². The standard InChI is InChI=1S/C11H9ClN2O3S/c12-6-3-5(1-2-8(6)15)10-14-7(4-18-10)9(13)11(16)17/h1-4,9,15H,13H2,(H,16,17). The van der Waals surface area contributed by atoms with E-state index in [1.807, 2.05) is 0 Å². The summed E-state index contributed by atoms with van der Waals surface area (Å²) in [4.78, 5) is 14.9. The van der Waals surface area contributed by atoms with Gasteiger partial charge in [0.25, 0.3) is 0 Å². The molecule has 0 bridgehead atoms. The second-order valence-corrected chi connectivity index (χ2v) is 4.82. The van der Waals surface area contributed by atoms with Crippen LogP contribution in [0.2, 0.25) is 5.02 Å². The first-order valence-corrected chi connectivity index (χ1v) is 6.17. The number of phenols is 1. The molecule has 94 valence electrons. The van der Waals surface area contributed by atoms with E-state index in [0.29, 0.717) is 16.3 Å². The maximum atomic E-state index is 10.7. The SMILES string of the molecule is NC(C(=O)O)c1csc(-c2ccc(O)c(Cl)c2)n1. The van der Waals surface area contributed by atoms with E-state index in [1.165, 1.54) is 17.4 Å². The number of carboxylic acids is 1. The summed E-state index contributed by atoms with van der Waals surface area (Å²) in [6.45, 7) is 0. The summed E-state index contributed by atoms with van der Waals surface area (Å²) in [5, 5.41) is 20.5. The van der Waals surface area contributed by atoms with Crippen molar-refractivity contribution in [2.24, 2.45) is 5.73 Å². The average Bonchev–Trinajstić information content (AvgIpc) is 2.81. The van der Waals surface area contributed by atoms with Crippen molar-refractivity contribution in [1.82, 2.24) is 4.98 Å². The van der Waals surface area contributed by atoms with Crippen LogP contribution in [0.1, 0.15) is 11.7 Å². The predicted molar refractivity (Wildman–Crippen MR) is 68.8 cm³/mol. The Morgan fingerprint density at radius 1 is 1.50 bits per heavy atom. The van der Waals surface area contributed by atoms with Gasteiger partial charge in [-0.3, -0.25) is 4.79 Å². The lowest BCUT2D eigenvalue weighted by molar-refractivity contribution is -0.138. The summed E-state index contributed by atoms with van der Waals surface area (Å²) in [7, 11) is 0. The molecule has 0 saturated carbocycles. The molecule has 1 heterocycles. The molecule has 5 nitrogen and oxygen atoms in total. The highest BCUT2D eigenvalue weighted by Crippen LogP contribution is 2.31. The van der Waals surface area contributed by atoms with E-state index in [9.17, 15) is 9.90 Å². The van der Waals surface area contributed by atoms with Gasteiger partial charge in [0.15, 0.2) is 0 Å². The molecule has 1 atom stereocenters. The zero-order valence-electron chi connectivity index (χ0n) is 9.00. The summed E-state index contributed by atoms with van der Waals surface area (Å²) >= 11 is 7.06. The summed E-state index contributed by atoms with van der Waals surface area (Å²) < 4.78 is 0. The molecule has 0 spiro atoms. The van der Waals surface area contributed by atoms with Crippen molar-refractivity contribution in [3.8, 4) is 16.3 Å². The van der Waals surface area contributed by atoms with Crippen LogP contribution in [0.15, 0.2) is 23.6 Å². The number of rotatable bonds is 3. The van der Waals surface area contributed by atoms with Crippen molar-refractivity contribution in [3.05, 3.63) is 34.3 Å². The number of carboxylic acid groups (broad SMARTS) is 1. The number of benzene rings is 1. The summed E-state index contributed by atoms with van der Waals surface area (Å²) in [6, 6.07) is 3.53. The number of aromatic hydroxyl groups is 1. The fourth-order valence-corrected chi connectivity index (χ4v) is 2.36. The minimum Gasteiger partial charge on any atom is -0.506 e. The van der Waals surface area contributed by atoms with Gasteiger partial charge in [-0.25, -0.2) is 4.98 Å². The van der Waals surface area contributed by atoms with E-state index < -0.39 is 12.0 Å². The molecule has 1 unspecified atom stereocenters. The molecule has 0 radical (unpaired) electrons. The van der Waals surface area contributed by atoms with E-state index in [1.54, 1.807) is 17.5 Å². The number of aromatic nitrogens is 1. The molecule has 7 heteroatoms. The second-order valence-electron chi connectivity index (χ2n) is 3.56. The number of carbonyl (C=O) groups is 1. The Bertz CT molecular complexity index is 600. The lowest BCUT2D eigenvalue weighted by Crippen LogP contribution is -2.20. The third-order valence-electron chi connectivity index (χ3n) is 2.30. The van der Waals surface area contributed by atoms with Gasteiger partial charge in [0.05, 0.1) is 10.7 Å². The van der Waals surface area contributed by atoms with Gasteiger partial charge in [0, 0.05) is 10.9 Å². The van der Waals surface area contributed by atoms with Gasteiger partial charge < -0.3 is 15.9 Å². The molecule has 4 N–H and O–H groups in total. The molecule has 2 aromatic rings. The summed E-state index contributed by atoms with van der Waals surface area (Å²) in [5.41, 5.74) is 6.46. The topological polar surface area (TPSA) is 96.4 Å². The molecule has 18 heavy (non-hydrogen) atoms. The molecule has 0 amide bonds. The van der Waals surface area contributed by atoms with Crippen LogP contribution in [0.4, 0.5) is 0 Å². The molecule has 2 rings (SSSR count). The first-order chi connectivity index (χ1) is 8.49. The molecule has 0 aliphatic heterocycles. The van der Waals surface area contributed by atoms with E-state index >= 15 is 0 Å². The van der Waals surface area contributed by atoms with Gasteiger partial charge in [-0.15, -0.1) is 11.3 Å². The van der Waals surface area contributed by atoms with E-state index in [4.69, 9.17) is 22.4 Å². The molecule has 0 saturated heterocycles. The third-order valence-corrected chi connectivity index (χ3v) is 3.51. The van der Waals surface area contributed by atoms with Crippen molar-refractivity contribution < 1.29 is 15.0 Å². The van der Waals surface area contributed by atoms with Crippen LogP contribution in [-0.2, 0) is 4.79 Å². The minimum absolute atomic E-state index is 0.0144. The highest BCUT2D eigenvalue weighted by Gasteiger charge is 2.18. The fraction of sp³-hybridized carbons (Fsp3) is 0.0909. The maximum Gasteiger partial charge on any atom is 0.326 e. The minimum atomic E-state index is -1.14. The van der Waals surface area contributed by atoms with Crippen LogP contribution in [0.3, 0.4) is 0 Å². The maximum absolute atomic E-state index is 10.7. The van der Waals surface area contributed by atoms with E-state index in [0.717, 1.165) is 0 Å². The molecule has 0 aliphatic carbocycles. The Hall–Kier alpha value is -1.63. The molecular formula is C11H9ClN2O3S. The van der Waals surface area contributed by atoms with Gasteiger partial charge in [-0.05, 0) is 18.2 Å². The Kier molecular flexibility index (Phi) is 3.51. The molecule has 1 aromatic carbocycles. The monoisotopic (exact) mass is 284 g/mol. The van der Waals surface area contributed by atoms with Crippen LogP contribution in [0, 0.1) is 0 Å². The van der Waals surface area contributed by atoms with Crippen LogP contribution in [0.25, 0.3) is 10.6 Å². The molecular weight excluding hydrogens is 276 g/mol. The number of thiazole rings is 1. The van der Waals surface area contributed by atoms with Crippen molar-refractivity contribution >= 4 is 28.9 Å². The normalized spacial score (nSPS) is 12.3. The highest BCUT2D eigenvalue weighted by atomic mass is 35.5. The Labute approximate surface area is 111 Å². The Morgan fingerprint density at radius 2 is 2.22 bits per heavy atom.